The van der Waals surface area contributed by atoms with E-state index < -0.39 is 0 Å². The summed E-state index contributed by atoms with van der Waals surface area (Å²) in [6, 6.07) is 7.19. The number of nitrogens with zero attached hydrogens (tertiary/aromatic N) is 1. The molecule has 1 aromatic carbocycles. The van der Waals surface area contributed by atoms with E-state index >= 15 is 0 Å². The summed E-state index contributed by atoms with van der Waals surface area (Å²) in [4.78, 5) is 16.3. The van der Waals surface area contributed by atoms with Crippen LogP contribution in [0.3, 0.4) is 0 Å². The minimum absolute atomic E-state index is 0.0589. The number of hydrogen-bond acceptors (Lipinski definition) is 2. The van der Waals surface area contributed by atoms with Crippen molar-refractivity contribution < 1.29 is 4.79 Å². The van der Waals surface area contributed by atoms with Gasteiger partial charge in [-0.1, -0.05) is 31.8 Å². The van der Waals surface area contributed by atoms with Crippen molar-refractivity contribution in [2.24, 2.45) is 4.99 Å². The molecule has 5 heteroatoms. The molecule has 5 nitrogen and oxygen atoms in total. The fraction of sp³-hybridized carbons (Fsp3) is 0.444. The maximum absolute atomic E-state index is 12.0. The first-order valence-electron chi connectivity index (χ1n) is 8.08. The number of anilines is 1. The van der Waals surface area contributed by atoms with Crippen LogP contribution in [0.15, 0.2) is 29.3 Å². The maximum Gasteiger partial charge on any atom is 0.246 e. The van der Waals surface area contributed by atoms with Crippen LogP contribution in [0.2, 0.25) is 0 Å². The summed E-state index contributed by atoms with van der Waals surface area (Å²) in [5, 5.41) is 9.15. The topological polar surface area (TPSA) is 65.5 Å². The Balaban J connectivity index is 2.50. The Labute approximate surface area is 139 Å². The number of rotatable bonds is 8. The number of nitrogens with one attached hydrogen (secondary N) is 3. The van der Waals surface area contributed by atoms with Crippen LogP contribution in [0, 0.1) is 12.3 Å². The van der Waals surface area contributed by atoms with Gasteiger partial charge in [0.1, 0.15) is 6.54 Å². The van der Waals surface area contributed by atoms with Crippen molar-refractivity contribution in [1.82, 2.24) is 10.6 Å². The fourth-order valence-corrected chi connectivity index (χ4v) is 1.96. The zero-order chi connectivity index (χ0) is 16.9. The largest absolute Gasteiger partial charge is 0.357 e. The number of carbonyl (C=O) groups is 1. The van der Waals surface area contributed by atoms with Crippen molar-refractivity contribution >= 4 is 17.6 Å². The van der Waals surface area contributed by atoms with E-state index in [9.17, 15) is 4.79 Å². The van der Waals surface area contributed by atoms with E-state index in [0.717, 1.165) is 25.1 Å². The highest BCUT2D eigenvalue weighted by atomic mass is 16.1. The second-order valence-electron chi connectivity index (χ2n) is 5.10. The fourth-order valence-electron chi connectivity index (χ4n) is 1.96. The van der Waals surface area contributed by atoms with Crippen LogP contribution < -0.4 is 16.0 Å². The molecule has 0 radical (unpaired) electrons. The van der Waals surface area contributed by atoms with Crippen LogP contribution in [-0.2, 0) is 4.79 Å². The minimum Gasteiger partial charge on any atom is -0.357 e. The summed E-state index contributed by atoms with van der Waals surface area (Å²) >= 11 is 0. The number of hydrogen-bond donors (Lipinski definition) is 3. The van der Waals surface area contributed by atoms with E-state index in [1.807, 2.05) is 19.1 Å². The first-order valence-corrected chi connectivity index (χ1v) is 8.08. The lowest BCUT2D eigenvalue weighted by molar-refractivity contribution is -0.114. The lowest BCUT2D eigenvalue weighted by Crippen LogP contribution is -2.38. The molecule has 23 heavy (non-hydrogen) atoms. The zero-order valence-electron chi connectivity index (χ0n) is 14.0. The Morgan fingerprint density at radius 3 is 2.78 bits per heavy atom. The van der Waals surface area contributed by atoms with Crippen LogP contribution in [0.4, 0.5) is 5.69 Å². The smallest absolute Gasteiger partial charge is 0.246 e. The van der Waals surface area contributed by atoms with Crippen molar-refractivity contribution in [3.63, 3.8) is 0 Å². The predicted molar refractivity (Wildman–Crippen MR) is 96.5 cm³/mol. The Morgan fingerprint density at radius 2 is 2.09 bits per heavy atom. The van der Waals surface area contributed by atoms with Gasteiger partial charge >= 0.3 is 0 Å². The number of unbranched alkanes of at least 4 members (excludes halogenated alkanes) is 2. The normalized spacial score (nSPS) is 10.7. The highest BCUT2D eigenvalue weighted by molar-refractivity contribution is 5.94. The molecule has 1 amide bonds. The summed E-state index contributed by atoms with van der Waals surface area (Å²) < 4.78 is 0. The quantitative estimate of drug-likeness (QED) is 0.299. The van der Waals surface area contributed by atoms with Crippen molar-refractivity contribution in [2.45, 2.75) is 33.1 Å². The molecule has 0 atom stereocenters. The third kappa shape index (κ3) is 7.91. The summed E-state index contributed by atoms with van der Waals surface area (Å²) in [6.07, 6.45) is 8.79. The van der Waals surface area contributed by atoms with E-state index in [0.29, 0.717) is 11.6 Å². The standard InChI is InChI=1S/C18H26N4O/c1-4-7-8-12-20-18(19-6-3)21-14-17(23)22-16-11-9-10-15(5-2)13-16/h2,9-11,13H,4,6-8,12,14H2,1,3H3,(H,22,23)(H2,19,20,21). The molecule has 0 unspecified atom stereocenters. The molecule has 1 aromatic rings. The molecular weight excluding hydrogens is 288 g/mol. The molecule has 0 saturated carbocycles. The van der Waals surface area contributed by atoms with E-state index in [1.165, 1.54) is 12.8 Å². The first-order chi connectivity index (χ1) is 11.2. The van der Waals surface area contributed by atoms with Crippen LogP contribution in [0.5, 0.6) is 0 Å². The van der Waals surface area contributed by atoms with E-state index in [4.69, 9.17) is 6.42 Å². The molecule has 0 spiro atoms. The predicted octanol–water partition coefficient (Wildman–Crippen LogP) is 2.35. The molecule has 0 aliphatic rings. The van der Waals surface area contributed by atoms with Gasteiger partial charge in [-0.2, -0.15) is 0 Å². The third-order valence-electron chi connectivity index (χ3n) is 3.11. The maximum atomic E-state index is 12.0. The van der Waals surface area contributed by atoms with E-state index in [1.54, 1.807) is 12.1 Å². The molecule has 0 aromatic heterocycles. The highest BCUT2D eigenvalue weighted by Crippen LogP contribution is 2.09. The molecular formula is C18H26N4O. The van der Waals surface area contributed by atoms with Gasteiger partial charge in [-0.25, -0.2) is 4.99 Å². The third-order valence-corrected chi connectivity index (χ3v) is 3.11. The number of benzene rings is 1. The molecule has 124 valence electrons. The summed E-state index contributed by atoms with van der Waals surface area (Å²) in [5.41, 5.74) is 1.42. The Morgan fingerprint density at radius 1 is 1.26 bits per heavy atom. The summed E-state index contributed by atoms with van der Waals surface area (Å²) in [5.74, 6) is 3.03. The first kappa shape index (κ1) is 18.6. The van der Waals surface area contributed by atoms with Crippen molar-refractivity contribution in [2.75, 3.05) is 25.0 Å². The zero-order valence-corrected chi connectivity index (χ0v) is 14.0. The van der Waals surface area contributed by atoms with Gasteiger partial charge < -0.3 is 16.0 Å². The molecule has 0 aliphatic carbocycles. The molecule has 0 saturated heterocycles. The van der Waals surface area contributed by atoms with Gasteiger partial charge in [-0.3, -0.25) is 4.79 Å². The van der Waals surface area contributed by atoms with Gasteiger partial charge in [-0.05, 0) is 31.5 Å². The number of terminal acetylenes is 1. The molecule has 0 aliphatic heterocycles. The Bertz CT molecular complexity index is 560. The Kier molecular flexibility index (Phi) is 8.99. The molecule has 0 fully saturated rings. The van der Waals surface area contributed by atoms with Crippen molar-refractivity contribution in [3.05, 3.63) is 29.8 Å². The van der Waals surface area contributed by atoms with E-state index in [2.05, 4.69) is 33.8 Å². The van der Waals surface area contributed by atoms with Crippen LogP contribution in [0.25, 0.3) is 0 Å². The van der Waals surface area contributed by atoms with Gasteiger partial charge in [0.15, 0.2) is 5.96 Å². The van der Waals surface area contributed by atoms with Crippen molar-refractivity contribution in [1.29, 1.82) is 0 Å². The number of carbonyl (C=O) groups excluding carboxylic acids is 1. The SMILES string of the molecule is C#Cc1cccc(NC(=O)CN=C(NCC)NCCCCC)c1. The van der Waals surface area contributed by atoms with Crippen molar-refractivity contribution in [3.8, 4) is 12.3 Å². The second kappa shape index (κ2) is 11.1. The molecule has 3 N–H and O–H groups in total. The number of guanidine groups is 1. The van der Waals surface area contributed by atoms with Gasteiger partial charge in [0.05, 0.1) is 0 Å². The monoisotopic (exact) mass is 314 g/mol. The van der Waals surface area contributed by atoms with Gasteiger partial charge in [0.2, 0.25) is 5.91 Å². The van der Waals surface area contributed by atoms with Gasteiger partial charge in [0.25, 0.3) is 0 Å². The van der Waals surface area contributed by atoms with Crippen LogP contribution >= 0.6 is 0 Å². The number of amides is 1. The van der Waals surface area contributed by atoms with Crippen LogP contribution in [0.1, 0.15) is 38.7 Å². The Hall–Kier alpha value is -2.48. The van der Waals surface area contributed by atoms with Gasteiger partial charge in [0, 0.05) is 24.3 Å². The summed E-state index contributed by atoms with van der Waals surface area (Å²) in [7, 11) is 0. The molecule has 0 heterocycles. The number of aliphatic imine (C=N–C) groups is 1. The van der Waals surface area contributed by atoms with E-state index in [-0.39, 0.29) is 12.5 Å². The van der Waals surface area contributed by atoms with Gasteiger partial charge in [-0.15, -0.1) is 6.42 Å². The molecule has 1 rings (SSSR count). The lowest BCUT2D eigenvalue weighted by Gasteiger charge is -2.11. The summed E-state index contributed by atoms with van der Waals surface area (Å²) in [6.45, 7) is 5.83. The second-order valence-corrected chi connectivity index (χ2v) is 5.10. The average Bonchev–Trinajstić information content (AvgIpc) is 2.56. The molecule has 0 bridgehead atoms. The van der Waals surface area contributed by atoms with Crippen LogP contribution in [-0.4, -0.2) is 31.5 Å². The average molecular weight is 314 g/mol. The minimum atomic E-state index is -0.176. The highest BCUT2D eigenvalue weighted by Gasteiger charge is 2.03. The lowest BCUT2D eigenvalue weighted by atomic mass is 10.2.